The molecule has 0 aromatic carbocycles. The smallest absolute Gasteiger partial charge is 0.302 e. The van der Waals surface area contributed by atoms with Gasteiger partial charge in [0.05, 0.1) is 6.61 Å². The average Bonchev–Trinajstić information content (AvgIpc) is 2.75. The molecule has 0 aliphatic carbocycles. The molecule has 4 nitrogen and oxygen atoms in total. The Bertz CT molecular complexity index is 434. The maximum absolute atomic E-state index is 11.7. The monoisotopic (exact) mass is 437 g/mol. The summed E-state index contributed by atoms with van der Waals surface area (Å²) in [6, 6.07) is 0. The lowest BCUT2D eigenvalue weighted by Crippen LogP contribution is -2.25. The summed E-state index contributed by atoms with van der Waals surface area (Å²) in [5, 5.41) is 2.88. The second-order valence-electron chi connectivity index (χ2n) is 8.79. The molecular formula is C27H51NO3. The molecule has 4 heteroatoms. The highest BCUT2D eigenvalue weighted by molar-refractivity contribution is 5.75. The Labute approximate surface area is 193 Å². The van der Waals surface area contributed by atoms with Gasteiger partial charge in [0.2, 0.25) is 5.91 Å². The minimum atomic E-state index is -0.266. The summed E-state index contributed by atoms with van der Waals surface area (Å²) in [4.78, 5) is 22.3. The molecule has 0 aliphatic heterocycles. The van der Waals surface area contributed by atoms with Crippen LogP contribution in [0, 0.1) is 0 Å². The maximum atomic E-state index is 11.7. The first-order valence-electron chi connectivity index (χ1n) is 13.2. The fourth-order valence-electron chi connectivity index (χ4n) is 3.67. The number of allylic oxidation sites excluding steroid dienone is 2. The molecule has 31 heavy (non-hydrogen) atoms. The van der Waals surface area contributed by atoms with Crippen LogP contribution in [0.15, 0.2) is 12.2 Å². The first kappa shape index (κ1) is 29.7. The van der Waals surface area contributed by atoms with Crippen LogP contribution in [0.2, 0.25) is 0 Å². The van der Waals surface area contributed by atoms with Crippen molar-refractivity contribution in [3.63, 3.8) is 0 Å². The Morgan fingerprint density at radius 2 is 1.16 bits per heavy atom. The normalized spacial score (nSPS) is 11.2. The van der Waals surface area contributed by atoms with Crippen LogP contribution in [-0.4, -0.2) is 25.0 Å². The second-order valence-corrected chi connectivity index (χ2v) is 8.79. The number of rotatable bonds is 23. The zero-order valence-corrected chi connectivity index (χ0v) is 20.7. The highest BCUT2D eigenvalue weighted by atomic mass is 16.5. The highest BCUT2D eigenvalue weighted by Crippen LogP contribution is 2.12. The van der Waals surface area contributed by atoms with Gasteiger partial charge in [0.15, 0.2) is 0 Å². The van der Waals surface area contributed by atoms with Crippen molar-refractivity contribution in [2.24, 2.45) is 0 Å². The molecular weight excluding hydrogens is 386 g/mol. The van der Waals surface area contributed by atoms with Gasteiger partial charge in [-0.05, 0) is 38.5 Å². The standard InChI is InChI=1S/C27H51NO3/c1-3-4-5-6-7-8-9-10-11-12-13-14-15-16-17-18-19-20-21-23-27(30)28-24-22-25-31-26(2)29/h10-11H,3-9,12-25H2,1-2H3,(H,28,30)/b11-10-. The highest BCUT2D eigenvalue weighted by Gasteiger charge is 2.01. The lowest BCUT2D eigenvalue weighted by atomic mass is 10.1. The van der Waals surface area contributed by atoms with Crippen LogP contribution >= 0.6 is 0 Å². The van der Waals surface area contributed by atoms with E-state index in [9.17, 15) is 9.59 Å². The van der Waals surface area contributed by atoms with Crippen LogP contribution in [0.3, 0.4) is 0 Å². The molecule has 0 aromatic heterocycles. The van der Waals surface area contributed by atoms with Gasteiger partial charge in [0.25, 0.3) is 0 Å². The van der Waals surface area contributed by atoms with Crippen LogP contribution in [0.4, 0.5) is 0 Å². The molecule has 0 saturated carbocycles. The van der Waals surface area contributed by atoms with Crippen molar-refractivity contribution in [3.8, 4) is 0 Å². The van der Waals surface area contributed by atoms with E-state index in [0.29, 0.717) is 26.0 Å². The van der Waals surface area contributed by atoms with Crippen LogP contribution < -0.4 is 5.32 Å². The average molecular weight is 438 g/mol. The van der Waals surface area contributed by atoms with Crippen LogP contribution in [0.25, 0.3) is 0 Å². The molecule has 0 atom stereocenters. The molecule has 0 unspecified atom stereocenters. The molecule has 0 aliphatic rings. The fourth-order valence-corrected chi connectivity index (χ4v) is 3.67. The molecule has 0 aromatic rings. The number of unbranched alkanes of at least 4 members (excludes halogenated alkanes) is 15. The molecule has 0 radical (unpaired) electrons. The summed E-state index contributed by atoms with van der Waals surface area (Å²) in [6.45, 7) is 4.64. The summed E-state index contributed by atoms with van der Waals surface area (Å²) >= 11 is 0. The van der Waals surface area contributed by atoms with E-state index in [4.69, 9.17) is 4.74 Å². The zero-order valence-electron chi connectivity index (χ0n) is 20.7. The van der Waals surface area contributed by atoms with Crippen molar-refractivity contribution in [2.75, 3.05) is 13.2 Å². The van der Waals surface area contributed by atoms with Crippen molar-refractivity contribution >= 4 is 11.9 Å². The van der Waals surface area contributed by atoms with Gasteiger partial charge in [-0.1, -0.05) is 96.1 Å². The van der Waals surface area contributed by atoms with Gasteiger partial charge >= 0.3 is 5.97 Å². The van der Waals surface area contributed by atoms with Gasteiger partial charge in [-0.2, -0.15) is 0 Å². The van der Waals surface area contributed by atoms with E-state index in [1.54, 1.807) is 0 Å². The number of hydrogen-bond donors (Lipinski definition) is 1. The third-order valence-corrected chi connectivity index (χ3v) is 5.61. The van der Waals surface area contributed by atoms with Crippen LogP contribution in [0.1, 0.15) is 136 Å². The molecule has 1 amide bonds. The molecule has 0 saturated heterocycles. The molecule has 0 heterocycles. The van der Waals surface area contributed by atoms with Gasteiger partial charge in [-0.3, -0.25) is 9.59 Å². The van der Waals surface area contributed by atoms with E-state index < -0.39 is 0 Å². The number of nitrogens with one attached hydrogen (secondary N) is 1. The Morgan fingerprint density at radius 3 is 1.68 bits per heavy atom. The number of carbonyl (C=O) groups excluding carboxylic acids is 2. The third-order valence-electron chi connectivity index (χ3n) is 5.61. The minimum Gasteiger partial charge on any atom is -0.466 e. The number of esters is 1. The lowest BCUT2D eigenvalue weighted by Gasteiger charge is -2.05. The van der Waals surface area contributed by atoms with Gasteiger partial charge in [0.1, 0.15) is 0 Å². The van der Waals surface area contributed by atoms with Crippen molar-refractivity contribution in [1.29, 1.82) is 0 Å². The SMILES string of the molecule is CCCCCCCC/C=C\CCCCCCCCCCCC(=O)NCCCOC(C)=O. The Kier molecular flexibility index (Phi) is 23.9. The van der Waals surface area contributed by atoms with Crippen LogP contribution in [0.5, 0.6) is 0 Å². The molecule has 0 rings (SSSR count). The summed E-state index contributed by atoms with van der Waals surface area (Å²) in [6.07, 6.45) is 28.3. The Hall–Kier alpha value is -1.32. The van der Waals surface area contributed by atoms with Crippen molar-refractivity contribution in [1.82, 2.24) is 5.32 Å². The Morgan fingerprint density at radius 1 is 0.677 bits per heavy atom. The lowest BCUT2D eigenvalue weighted by molar-refractivity contribution is -0.140. The summed E-state index contributed by atoms with van der Waals surface area (Å²) in [7, 11) is 0. The molecule has 0 bridgehead atoms. The van der Waals surface area contributed by atoms with Gasteiger partial charge in [0, 0.05) is 19.9 Å². The number of carbonyl (C=O) groups is 2. The second kappa shape index (κ2) is 24.9. The van der Waals surface area contributed by atoms with E-state index in [-0.39, 0.29) is 11.9 Å². The van der Waals surface area contributed by atoms with E-state index in [0.717, 1.165) is 12.8 Å². The van der Waals surface area contributed by atoms with E-state index in [2.05, 4.69) is 24.4 Å². The summed E-state index contributed by atoms with van der Waals surface area (Å²) < 4.78 is 4.83. The van der Waals surface area contributed by atoms with Crippen LogP contribution in [-0.2, 0) is 14.3 Å². The van der Waals surface area contributed by atoms with Crippen molar-refractivity contribution in [3.05, 3.63) is 12.2 Å². The Balaban J connectivity index is 3.18. The van der Waals surface area contributed by atoms with Gasteiger partial charge in [-0.25, -0.2) is 0 Å². The maximum Gasteiger partial charge on any atom is 0.302 e. The van der Waals surface area contributed by atoms with Gasteiger partial charge < -0.3 is 10.1 Å². The topological polar surface area (TPSA) is 55.4 Å². The van der Waals surface area contributed by atoms with E-state index >= 15 is 0 Å². The molecule has 0 fully saturated rings. The number of amides is 1. The van der Waals surface area contributed by atoms with Crippen molar-refractivity contribution in [2.45, 2.75) is 136 Å². The third kappa shape index (κ3) is 26.6. The van der Waals surface area contributed by atoms with Gasteiger partial charge in [-0.15, -0.1) is 0 Å². The summed E-state index contributed by atoms with van der Waals surface area (Å²) in [5.41, 5.74) is 0. The largest absolute Gasteiger partial charge is 0.466 e. The predicted octanol–water partition coefficient (Wildman–Crippen LogP) is 7.65. The fraction of sp³-hybridized carbons (Fsp3) is 0.852. The predicted molar refractivity (Wildman–Crippen MR) is 132 cm³/mol. The molecule has 1 N–H and O–H groups in total. The first-order valence-corrected chi connectivity index (χ1v) is 13.2. The van der Waals surface area contributed by atoms with E-state index in [1.165, 1.54) is 103 Å². The van der Waals surface area contributed by atoms with Crippen molar-refractivity contribution < 1.29 is 14.3 Å². The molecule has 182 valence electrons. The number of hydrogen-bond acceptors (Lipinski definition) is 3. The minimum absolute atomic E-state index is 0.115. The first-order chi connectivity index (χ1) is 15.2. The van der Waals surface area contributed by atoms with E-state index in [1.807, 2.05) is 0 Å². The summed E-state index contributed by atoms with van der Waals surface area (Å²) in [5.74, 6) is -0.151. The quantitative estimate of drug-likeness (QED) is 0.101. The zero-order chi connectivity index (χ0) is 22.8. The number of ether oxygens (including phenoxy) is 1. The molecule has 0 spiro atoms.